The number of hydrogen-bond donors (Lipinski definition) is 2. The summed E-state index contributed by atoms with van der Waals surface area (Å²) < 4.78 is 0. The number of unbranched alkanes of at least 4 members (excludes halogenated alkanes) is 8. The highest BCUT2D eigenvalue weighted by atomic mass is 16.2. The molecule has 0 radical (unpaired) electrons. The van der Waals surface area contributed by atoms with Gasteiger partial charge in [-0.25, -0.2) is 0 Å². The maximum atomic E-state index is 11.9. The Hall–Kier alpha value is -1.06. The van der Waals surface area contributed by atoms with Crippen LogP contribution in [0.15, 0.2) is 0 Å². The summed E-state index contributed by atoms with van der Waals surface area (Å²) in [6.45, 7) is 5.98. The van der Waals surface area contributed by atoms with Gasteiger partial charge in [-0.2, -0.15) is 0 Å². The van der Waals surface area contributed by atoms with Gasteiger partial charge in [0.1, 0.15) is 0 Å². The predicted molar refractivity (Wildman–Crippen MR) is 97.4 cm³/mol. The van der Waals surface area contributed by atoms with Gasteiger partial charge >= 0.3 is 0 Å². The van der Waals surface area contributed by atoms with Gasteiger partial charge in [0.25, 0.3) is 0 Å². The fourth-order valence-electron chi connectivity index (χ4n) is 2.76. The Bertz CT molecular complexity index is 292. The van der Waals surface area contributed by atoms with Crippen LogP contribution < -0.4 is 10.6 Å². The van der Waals surface area contributed by atoms with Crippen LogP contribution in [-0.4, -0.2) is 24.4 Å². The third kappa shape index (κ3) is 15.6. The van der Waals surface area contributed by atoms with Crippen LogP contribution in [0.4, 0.5) is 0 Å². The number of carbonyl (C=O) groups is 2. The fraction of sp³-hybridized carbons (Fsp3) is 0.895. The average Bonchev–Trinajstić information content (AvgIpc) is 2.52. The number of rotatable bonds is 15. The minimum absolute atomic E-state index is 0.0627. The summed E-state index contributed by atoms with van der Waals surface area (Å²) >= 11 is 0. The molecule has 0 saturated carbocycles. The van der Waals surface area contributed by atoms with Gasteiger partial charge in [-0.1, -0.05) is 78.1 Å². The number of carbonyl (C=O) groups excluding carboxylic acids is 2. The molecule has 0 aromatic heterocycles. The minimum atomic E-state index is -0.157. The van der Waals surface area contributed by atoms with E-state index in [1.54, 1.807) is 0 Å². The molecule has 0 bridgehead atoms. The molecular formula is C19H38N2O2. The van der Waals surface area contributed by atoms with Crippen LogP contribution in [0.1, 0.15) is 97.8 Å². The summed E-state index contributed by atoms with van der Waals surface area (Å²) in [4.78, 5) is 22.8. The van der Waals surface area contributed by atoms with Crippen molar-refractivity contribution < 1.29 is 9.59 Å². The van der Waals surface area contributed by atoms with Crippen LogP contribution in [0.2, 0.25) is 0 Å². The van der Waals surface area contributed by atoms with Crippen molar-refractivity contribution in [2.45, 2.75) is 104 Å². The van der Waals surface area contributed by atoms with E-state index in [1.807, 2.05) is 0 Å². The zero-order valence-corrected chi connectivity index (χ0v) is 15.6. The van der Waals surface area contributed by atoms with Crippen LogP contribution in [0.3, 0.4) is 0 Å². The molecule has 4 heteroatoms. The molecule has 0 fully saturated rings. The average molecular weight is 327 g/mol. The second kappa shape index (κ2) is 15.8. The lowest BCUT2D eigenvalue weighted by atomic mass is 10.0. The van der Waals surface area contributed by atoms with Crippen molar-refractivity contribution in [3.63, 3.8) is 0 Å². The van der Waals surface area contributed by atoms with Crippen molar-refractivity contribution in [2.24, 2.45) is 0 Å². The van der Waals surface area contributed by atoms with E-state index < -0.39 is 0 Å². The molecule has 2 N–H and O–H groups in total. The first-order valence-corrected chi connectivity index (χ1v) is 9.63. The first-order chi connectivity index (χ1) is 11.1. The Morgan fingerprint density at radius 2 is 1.26 bits per heavy atom. The van der Waals surface area contributed by atoms with E-state index in [9.17, 15) is 9.59 Å². The quantitative estimate of drug-likeness (QED) is 0.440. The van der Waals surface area contributed by atoms with Crippen molar-refractivity contribution in [1.29, 1.82) is 0 Å². The smallest absolute Gasteiger partial charge is 0.239 e. The second-order valence-electron chi connectivity index (χ2n) is 6.58. The molecule has 0 aliphatic rings. The van der Waals surface area contributed by atoms with Gasteiger partial charge in [-0.05, 0) is 12.8 Å². The zero-order chi connectivity index (χ0) is 17.3. The lowest BCUT2D eigenvalue weighted by molar-refractivity contribution is -0.125. The van der Waals surface area contributed by atoms with Crippen molar-refractivity contribution in [2.75, 3.05) is 6.54 Å². The van der Waals surface area contributed by atoms with Crippen molar-refractivity contribution in [1.82, 2.24) is 10.6 Å². The van der Waals surface area contributed by atoms with Crippen LogP contribution in [-0.2, 0) is 9.59 Å². The summed E-state index contributed by atoms with van der Waals surface area (Å²) in [5.74, 6) is -0.219. The Labute approximate surface area is 143 Å². The standard InChI is InChI=1S/C19H38N2O2/c1-4-6-8-10-12-14-18(15-13-11-9-7-5-2)21-19(23)16-20-17(3)22/h18H,4-16H2,1-3H3,(H,20,22)(H,21,23). The Balaban J connectivity index is 4.03. The van der Waals surface area contributed by atoms with Crippen LogP contribution >= 0.6 is 0 Å². The van der Waals surface area contributed by atoms with Crippen molar-refractivity contribution >= 4 is 11.8 Å². The Morgan fingerprint density at radius 1 is 0.783 bits per heavy atom. The molecule has 0 saturated heterocycles. The van der Waals surface area contributed by atoms with Crippen LogP contribution in [0.25, 0.3) is 0 Å². The van der Waals surface area contributed by atoms with Crippen molar-refractivity contribution in [3.8, 4) is 0 Å². The molecule has 136 valence electrons. The molecule has 4 nitrogen and oxygen atoms in total. The maximum Gasteiger partial charge on any atom is 0.239 e. The summed E-state index contributed by atoms with van der Waals surface area (Å²) in [7, 11) is 0. The molecule has 0 unspecified atom stereocenters. The fourth-order valence-corrected chi connectivity index (χ4v) is 2.76. The zero-order valence-electron chi connectivity index (χ0n) is 15.6. The third-order valence-electron chi connectivity index (χ3n) is 4.18. The topological polar surface area (TPSA) is 58.2 Å². The lowest BCUT2D eigenvalue weighted by Gasteiger charge is -2.19. The van der Waals surface area contributed by atoms with Gasteiger partial charge in [0.2, 0.25) is 11.8 Å². The number of hydrogen-bond acceptors (Lipinski definition) is 2. The summed E-state index contributed by atoms with van der Waals surface area (Å²) in [5.41, 5.74) is 0. The molecule has 23 heavy (non-hydrogen) atoms. The minimum Gasteiger partial charge on any atom is -0.352 e. The van der Waals surface area contributed by atoms with Gasteiger partial charge in [-0.15, -0.1) is 0 Å². The Kier molecular flexibility index (Phi) is 15.1. The maximum absolute atomic E-state index is 11.9. The number of amides is 2. The SMILES string of the molecule is CCCCCCCC(CCCCCCC)NC(=O)CNC(C)=O. The van der Waals surface area contributed by atoms with E-state index in [0.29, 0.717) is 0 Å². The van der Waals surface area contributed by atoms with Gasteiger partial charge in [-0.3, -0.25) is 9.59 Å². The van der Waals surface area contributed by atoms with Crippen LogP contribution in [0.5, 0.6) is 0 Å². The summed E-state index contributed by atoms with van der Waals surface area (Å²) in [6.07, 6.45) is 14.7. The highest BCUT2D eigenvalue weighted by molar-refractivity contribution is 5.83. The lowest BCUT2D eigenvalue weighted by Crippen LogP contribution is -2.41. The van der Waals surface area contributed by atoms with E-state index >= 15 is 0 Å². The molecule has 0 spiro atoms. The second-order valence-corrected chi connectivity index (χ2v) is 6.58. The molecule has 0 atom stereocenters. The molecule has 2 amide bonds. The number of nitrogens with one attached hydrogen (secondary N) is 2. The van der Waals surface area contributed by atoms with E-state index in [-0.39, 0.29) is 24.4 Å². The van der Waals surface area contributed by atoms with Crippen LogP contribution in [0, 0.1) is 0 Å². The molecule has 0 rings (SSSR count). The first kappa shape index (κ1) is 21.9. The van der Waals surface area contributed by atoms with Gasteiger partial charge in [0, 0.05) is 13.0 Å². The van der Waals surface area contributed by atoms with E-state index in [4.69, 9.17) is 0 Å². The van der Waals surface area contributed by atoms with E-state index in [2.05, 4.69) is 24.5 Å². The molecule has 0 heterocycles. The van der Waals surface area contributed by atoms with Gasteiger partial charge in [0.15, 0.2) is 0 Å². The Morgan fingerprint density at radius 3 is 1.70 bits per heavy atom. The highest BCUT2D eigenvalue weighted by Gasteiger charge is 2.12. The molecule has 0 aromatic rings. The summed E-state index contributed by atoms with van der Waals surface area (Å²) in [5, 5.41) is 5.67. The van der Waals surface area contributed by atoms with Gasteiger partial charge in [0.05, 0.1) is 6.54 Å². The molecule has 0 aromatic carbocycles. The molecular weight excluding hydrogens is 288 g/mol. The van der Waals surface area contributed by atoms with Crippen molar-refractivity contribution in [3.05, 3.63) is 0 Å². The predicted octanol–water partition coefficient (Wildman–Crippen LogP) is 4.33. The first-order valence-electron chi connectivity index (χ1n) is 9.63. The summed E-state index contributed by atoms with van der Waals surface area (Å²) in [6, 6.07) is 0.263. The van der Waals surface area contributed by atoms with E-state index in [0.717, 1.165) is 12.8 Å². The normalized spacial score (nSPS) is 10.8. The molecule has 0 aliphatic heterocycles. The van der Waals surface area contributed by atoms with E-state index in [1.165, 1.54) is 71.1 Å². The largest absolute Gasteiger partial charge is 0.352 e. The third-order valence-corrected chi connectivity index (χ3v) is 4.18. The molecule has 0 aliphatic carbocycles. The monoisotopic (exact) mass is 326 g/mol. The highest BCUT2D eigenvalue weighted by Crippen LogP contribution is 2.13. The van der Waals surface area contributed by atoms with Gasteiger partial charge < -0.3 is 10.6 Å².